The van der Waals surface area contributed by atoms with Gasteiger partial charge in [0, 0.05) is 18.4 Å². The lowest BCUT2D eigenvalue weighted by Crippen LogP contribution is -2.25. The zero-order valence-electron chi connectivity index (χ0n) is 10.5. The zero-order valence-corrected chi connectivity index (χ0v) is 10.5. The molecule has 1 aromatic rings. The summed E-state index contributed by atoms with van der Waals surface area (Å²) in [6, 6.07) is 10.7. The van der Waals surface area contributed by atoms with E-state index in [1.807, 2.05) is 18.2 Å². The Balaban J connectivity index is 1.99. The highest BCUT2D eigenvalue weighted by molar-refractivity contribution is 5.86. The summed E-state index contributed by atoms with van der Waals surface area (Å²) in [6.45, 7) is 2.49. The molecule has 1 aliphatic heterocycles. The fourth-order valence-electron chi connectivity index (χ4n) is 2.31. The maximum absolute atomic E-state index is 10.4. The molecule has 2 atom stereocenters. The first kappa shape index (κ1) is 12.6. The third kappa shape index (κ3) is 3.09. The second-order valence-corrected chi connectivity index (χ2v) is 4.63. The highest BCUT2D eigenvalue weighted by atomic mass is 16.4. The van der Waals surface area contributed by atoms with Gasteiger partial charge in [-0.25, -0.2) is 0 Å². The Hall–Kier alpha value is -1.84. The summed E-state index contributed by atoms with van der Waals surface area (Å²) < 4.78 is 0. The van der Waals surface area contributed by atoms with Gasteiger partial charge in [-0.2, -0.15) is 0 Å². The van der Waals surface area contributed by atoms with E-state index < -0.39 is 5.97 Å². The molecule has 96 valence electrons. The van der Waals surface area contributed by atoms with Gasteiger partial charge >= 0.3 is 5.97 Å². The van der Waals surface area contributed by atoms with Crippen molar-refractivity contribution >= 4 is 11.8 Å². The van der Waals surface area contributed by atoms with Crippen LogP contribution in [-0.4, -0.2) is 29.5 Å². The maximum Gasteiger partial charge on any atom is 0.305 e. The van der Waals surface area contributed by atoms with E-state index in [1.54, 1.807) is 0 Å². The smallest absolute Gasteiger partial charge is 0.305 e. The molecule has 2 rings (SSSR count). The minimum Gasteiger partial charge on any atom is -0.481 e. The van der Waals surface area contributed by atoms with Gasteiger partial charge in [-0.05, 0) is 12.5 Å². The first-order valence-corrected chi connectivity index (χ1v) is 6.23. The molecule has 4 nitrogen and oxygen atoms in total. The lowest BCUT2D eigenvalue weighted by Gasteiger charge is -2.14. The Kier molecular flexibility index (Phi) is 3.97. The van der Waals surface area contributed by atoms with Gasteiger partial charge in [0.05, 0.1) is 18.8 Å². The van der Waals surface area contributed by atoms with Crippen LogP contribution in [0.4, 0.5) is 0 Å². The number of nitrogens with zero attached hydrogens (tertiary/aromatic N) is 1. The molecule has 1 aliphatic rings. The van der Waals surface area contributed by atoms with Crippen LogP contribution < -0.4 is 5.32 Å². The summed E-state index contributed by atoms with van der Waals surface area (Å²) in [5.41, 5.74) is 1.31. The Morgan fingerprint density at radius 3 is 2.83 bits per heavy atom. The minimum atomic E-state index is -0.801. The minimum absolute atomic E-state index is 0.0928. The first-order chi connectivity index (χ1) is 8.66. The molecule has 2 unspecified atom stereocenters. The molecular weight excluding hydrogens is 228 g/mol. The van der Waals surface area contributed by atoms with Crippen LogP contribution >= 0.6 is 0 Å². The van der Waals surface area contributed by atoms with Crippen molar-refractivity contribution in [3.8, 4) is 0 Å². The van der Waals surface area contributed by atoms with Crippen molar-refractivity contribution in [2.24, 2.45) is 4.99 Å². The summed E-state index contributed by atoms with van der Waals surface area (Å²) in [7, 11) is 0. The first-order valence-electron chi connectivity index (χ1n) is 6.23. The van der Waals surface area contributed by atoms with Crippen molar-refractivity contribution < 1.29 is 9.90 Å². The molecule has 0 saturated carbocycles. The molecule has 0 bridgehead atoms. The molecular formula is C14H18N2O2. The average molecular weight is 246 g/mol. The van der Waals surface area contributed by atoms with Gasteiger partial charge in [-0.15, -0.1) is 0 Å². The summed E-state index contributed by atoms with van der Waals surface area (Å²) in [4.78, 5) is 14.7. The maximum atomic E-state index is 10.4. The predicted octanol–water partition coefficient (Wildman–Crippen LogP) is 2.03. The van der Waals surface area contributed by atoms with E-state index in [-0.39, 0.29) is 6.42 Å². The van der Waals surface area contributed by atoms with E-state index in [9.17, 15) is 4.79 Å². The van der Waals surface area contributed by atoms with Crippen molar-refractivity contribution in [3.63, 3.8) is 0 Å². The Bertz CT molecular complexity index is 442. The molecule has 0 amide bonds. The number of aliphatic carboxylic acids is 1. The van der Waals surface area contributed by atoms with E-state index in [4.69, 9.17) is 5.11 Å². The molecule has 18 heavy (non-hydrogen) atoms. The summed E-state index contributed by atoms with van der Waals surface area (Å²) in [5.74, 6) is 0.553. The van der Waals surface area contributed by atoms with E-state index in [2.05, 4.69) is 29.4 Å². The van der Waals surface area contributed by atoms with Gasteiger partial charge in [0.15, 0.2) is 0 Å². The van der Waals surface area contributed by atoms with Crippen LogP contribution in [0.3, 0.4) is 0 Å². The average Bonchev–Trinajstić information content (AvgIpc) is 2.71. The van der Waals surface area contributed by atoms with Crippen molar-refractivity contribution in [1.82, 2.24) is 5.32 Å². The summed E-state index contributed by atoms with van der Waals surface area (Å²) in [6.07, 6.45) is 0.959. The number of carboxylic acids is 1. The van der Waals surface area contributed by atoms with Crippen LogP contribution in [0.2, 0.25) is 0 Å². The topological polar surface area (TPSA) is 61.7 Å². The van der Waals surface area contributed by atoms with E-state index in [0.29, 0.717) is 18.5 Å². The number of nitrogens with one attached hydrogen (secondary N) is 1. The van der Waals surface area contributed by atoms with Crippen molar-refractivity contribution in [2.75, 3.05) is 6.54 Å². The van der Waals surface area contributed by atoms with Crippen LogP contribution in [0, 0.1) is 0 Å². The standard InChI is InChI=1S/C14H18N2O2/c1-10-12(11-5-3-2-4-6-11)9-13(16-10)15-8-7-14(17)18/h2-6,10,12H,7-9H2,1H3,(H,15,16)(H,17,18). The van der Waals surface area contributed by atoms with Crippen LogP contribution in [0.1, 0.15) is 31.2 Å². The molecule has 1 heterocycles. The molecule has 0 radical (unpaired) electrons. The predicted molar refractivity (Wildman–Crippen MR) is 71.0 cm³/mol. The van der Waals surface area contributed by atoms with Gasteiger partial charge in [-0.3, -0.25) is 9.79 Å². The molecule has 1 fully saturated rings. The monoisotopic (exact) mass is 246 g/mol. The van der Waals surface area contributed by atoms with Crippen LogP contribution in [-0.2, 0) is 4.79 Å². The Labute approximate surface area is 107 Å². The molecule has 4 heteroatoms. The molecule has 0 aliphatic carbocycles. The highest BCUT2D eigenvalue weighted by Gasteiger charge is 2.28. The molecule has 1 aromatic carbocycles. The quantitative estimate of drug-likeness (QED) is 0.854. The largest absolute Gasteiger partial charge is 0.481 e. The van der Waals surface area contributed by atoms with Gasteiger partial charge in [0.2, 0.25) is 0 Å². The van der Waals surface area contributed by atoms with E-state index in [1.165, 1.54) is 5.56 Å². The normalized spacial score (nSPS) is 25.1. The fraction of sp³-hybridized carbons (Fsp3) is 0.429. The Morgan fingerprint density at radius 1 is 1.44 bits per heavy atom. The van der Waals surface area contributed by atoms with Gasteiger partial charge in [0.1, 0.15) is 0 Å². The molecule has 1 saturated heterocycles. The Morgan fingerprint density at radius 2 is 2.17 bits per heavy atom. The number of aliphatic imine (C=N–C) groups is 1. The molecule has 0 spiro atoms. The molecule has 0 aromatic heterocycles. The number of hydrogen-bond acceptors (Lipinski definition) is 2. The third-order valence-electron chi connectivity index (χ3n) is 3.27. The second kappa shape index (κ2) is 5.67. The lowest BCUT2D eigenvalue weighted by atomic mass is 9.93. The van der Waals surface area contributed by atoms with E-state index in [0.717, 1.165) is 12.3 Å². The van der Waals surface area contributed by atoms with Crippen LogP contribution in [0.25, 0.3) is 0 Å². The van der Waals surface area contributed by atoms with Crippen molar-refractivity contribution in [2.45, 2.75) is 31.7 Å². The third-order valence-corrected chi connectivity index (χ3v) is 3.27. The SMILES string of the molecule is CC1NC(=NCCC(=O)O)CC1c1ccccc1. The molecule has 2 N–H and O–H groups in total. The number of benzene rings is 1. The number of carboxylic acid groups (broad SMARTS) is 1. The summed E-state index contributed by atoms with van der Waals surface area (Å²) >= 11 is 0. The second-order valence-electron chi connectivity index (χ2n) is 4.63. The summed E-state index contributed by atoms with van der Waals surface area (Å²) in [5, 5.41) is 11.9. The number of rotatable bonds is 4. The van der Waals surface area contributed by atoms with Gasteiger partial charge in [0.25, 0.3) is 0 Å². The number of amidine groups is 1. The van der Waals surface area contributed by atoms with Crippen LogP contribution in [0.15, 0.2) is 35.3 Å². The highest BCUT2D eigenvalue weighted by Crippen LogP contribution is 2.28. The van der Waals surface area contributed by atoms with Crippen molar-refractivity contribution in [1.29, 1.82) is 0 Å². The van der Waals surface area contributed by atoms with Crippen LogP contribution in [0.5, 0.6) is 0 Å². The number of carbonyl (C=O) groups is 1. The van der Waals surface area contributed by atoms with E-state index >= 15 is 0 Å². The van der Waals surface area contributed by atoms with Crippen molar-refractivity contribution in [3.05, 3.63) is 35.9 Å². The lowest BCUT2D eigenvalue weighted by molar-refractivity contribution is -0.136. The fourth-order valence-corrected chi connectivity index (χ4v) is 2.31. The van der Waals surface area contributed by atoms with Gasteiger partial charge < -0.3 is 10.4 Å². The number of hydrogen-bond donors (Lipinski definition) is 2. The zero-order chi connectivity index (χ0) is 13.0. The van der Waals surface area contributed by atoms with Gasteiger partial charge in [-0.1, -0.05) is 30.3 Å².